The molecule has 0 aliphatic heterocycles. The van der Waals surface area contributed by atoms with Gasteiger partial charge in [-0.05, 0) is 25.1 Å². The van der Waals surface area contributed by atoms with Crippen molar-refractivity contribution in [2.45, 2.75) is 13.8 Å². The molecule has 1 N–H and O–H groups in total. The smallest absolute Gasteiger partial charge is 0.224 e. The quantitative estimate of drug-likeness (QED) is 0.507. The van der Waals surface area contributed by atoms with Gasteiger partial charge >= 0.3 is 0 Å². The molecule has 0 fully saturated rings. The number of hydrogen-bond acceptors (Lipinski definition) is 2. The number of aryl methyl sites for hydroxylation is 1. The molecule has 3 heteroatoms. The van der Waals surface area contributed by atoms with Gasteiger partial charge in [0.2, 0.25) is 5.52 Å². The van der Waals surface area contributed by atoms with Crippen molar-refractivity contribution in [2.75, 3.05) is 0 Å². The Hall–Kier alpha value is -1.77. The molecule has 0 amide bonds. The second-order valence-electron chi connectivity index (χ2n) is 3.45. The number of nitrogens with zero attached hydrogens (tertiary/aromatic N) is 1. The third-order valence-electron chi connectivity index (χ3n) is 2.48. The number of phenols is 1. The molecule has 14 heavy (non-hydrogen) atoms. The molecule has 2 aromatic rings. The fourth-order valence-corrected chi connectivity index (χ4v) is 1.52. The van der Waals surface area contributed by atoms with Crippen LogP contribution in [0.2, 0.25) is 0 Å². The van der Waals surface area contributed by atoms with Gasteiger partial charge in [0.05, 0.1) is 5.39 Å². The van der Waals surface area contributed by atoms with Crippen LogP contribution in [-0.2, 0) is 0 Å². The Morgan fingerprint density at radius 3 is 2.64 bits per heavy atom. The number of phenolic OH excluding ortho intramolecular Hbond substituents is 1. The Morgan fingerprint density at radius 1 is 1.21 bits per heavy atom. The Labute approximate surface area is 81.8 Å². The van der Waals surface area contributed by atoms with E-state index in [9.17, 15) is 10.3 Å². The highest BCUT2D eigenvalue weighted by Gasteiger charge is 2.10. The zero-order valence-corrected chi connectivity index (χ0v) is 8.11. The average Bonchev–Trinajstić information content (AvgIpc) is 2.14. The Kier molecular flexibility index (Phi) is 1.81. The Bertz CT molecular complexity index is 506. The molecule has 0 unspecified atom stereocenters. The van der Waals surface area contributed by atoms with Crippen LogP contribution in [0.1, 0.15) is 11.3 Å². The van der Waals surface area contributed by atoms with Crippen molar-refractivity contribution >= 4 is 10.9 Å². The first-order valence-electron chi connectivity index (χ1n) is 4.42. The van der Waals surface area contributed by atoms with Crippen molar-refractivity contribution in [3.8, 4) is 5.75 Å². The number of benzene rings is 1. The Morgan fingerprint density at radius 2 is 1.93 bits per heavy atom. The Balaban J connectivity index is 2.91. The van der Waals surface area contributed by atoms with Crippen molar-refractivity contribution in [1.29, 1.82) is 0 Å². The average molecular weight is 189 g/mol. The van der Waals surface area contributed by atoms with Gasteiger partial charge in [0.1, 0.15) is 5.75 Å². The minimum absolute atomic E-state index is 0.181. The van der Waals surface area contributed by atoms with Crippen LogP contribution < -0.4 is 4.73 Å². The van der Waals surface area contributed by atoms with Crippen LogP contribution in [0.15, 0.2) is 24.3 Å². The normalized spacial score (nSPS) is 10.7. The molecule has 0 aliphatic carbocycles. The van der Waals surface area contributed by atoms with Gasteiger partial charge in [-0.3, -0.25) is 0 Å². The third kappa shape index (κ3) is 1.18. The summed E-state index contributed by atoms with van der Waals surface area (Å²) in [5.41, 5.74) is 2.21. The van der Waals surface area contributed by atoms with Crippen LogP contribution in [0, 0.1) is 19.1 Å². The maximum absolute atomic E-state index is 11.7. The van der Waals surface area contributed by atoms with Crippen LogP contribution in [0.25, 0.3) is 10.9 Å². The number of pyridine rings is 1. The van der Waals surface area contributed by atoms with Crippen LogP contribution in [0.5, 0.6) is 5.75 Å². The molecule has 2 rings (SSSR count). The van der Waals surface area contributed by atoms with Gasteiger partial charge in [-0.2, -0.15) is 4.73 Å². The summed E-state index contributed by atoms with van der Waals surface area (Å²) in [6.07, 6.45) is 0. The van der Waals surface area contributed by atoms with Crippen molar-refractivity contribution < 1.29 is 9.84 Å². The summed E-state index contributed by atoms with van der Waals surface area (Å²) in [6.45, 7) is 3.67. The molecule has 0 saturated heterocycles. The molecule has 72 valence electrons. The number of aromatic hydroxyl groups is 1. The van der Waals surface area contributed by atoms with Crippen molar-refractivity contribution in [2.24, 2.45) is 0 Å². The molecule has 0 bridgehead atoms. The second kappa shape index (κ2) is 2.87. The van der Waals surface area contributed by atoms with Gasteiger partial charge in [-0.1, -0.05) is 0 Å². The molecule has 1 heterocycles. The highest BCUT2D eigenvalue weighted by atomic mass is 16.5. The monoisotopic (exact) mass is 189 g/mol. The first kappa shape index (κ1) is 8.81. The van der Waals surface area contributed by atoms with Crippen molar-refractivity contribution in [3.63, 3.8) is 0 Å². The van der Waals surface area contributed by atoms with Crippen LogP contribution in [-0.4, -0.2) is 5.11 Å². The lowest BCUT2D eigenvalue weighted by Gasteiger charge is -2.07. The number of rotatable bonds is 0. The fourth-order valence-electron chi connectivity index (χ4n) is 1.52. The lowest BCUT2D eigenvalue weighted by Crippen LogP contribution is -2.31. The molecule has 0 saturated carbocycles. The summed E-state index contributed by atoms with van der Waals surface area (Å²) in [4.78, 5) is 0. The van der Waals surface area contributed by atoms with E-state index >= 15 is 0 Å². The summed E-state index contributed by atoms with van der Waals surface area (Å²) >= 11 is 0. The SMILES string of the molecule is Cc1cc2cc(O)ccc2[n+]([O-])c1C. The van der Waals surface area contributed by atoms with E-state index in [2.05, 4.69) is 0 Å². The van der Waals surface area contributed by atoms with E-state index in [4.69, 9.17) is 0 Å². The highest BCUT2D eigenvalue weighted by molar-refractivity contribution is 5.78. The van der Waals surface area contributed by atoms with E-state index in [1.54, 1.807) is 19.1 Å². The molecule has 1 aromatic heterocycles. The lowest BCUT2D eigenvalue weighted by molar-refractivity contribution is -0.584. The predicted molar refractivity (Wildman–Crippen MR) is 54.0 cm³/mol. The molecular formula is C11H11NO2. The summed E-state index contributed by atoms with van der Waals surface area (Å²) in [5.74, 6) is 0.181. The first-order chi connectivity index (χ1) is 6.59. The lowest BCUT2D eigenvalue weighted by atomic mass is 10.1. The largest absolute Gasteiger partial charge is 0.618 e. The van der Waals surface area contributed by atoms with Crippen LogP contribution in [0.4, 0.5) is 0 Å². The topological polar surface area (TPSA) is 47.2 Å². The minimum atomic E-state index is 0.181. The fraction of sp³-hybridized carbons (Fsp3) is 0.182. The van der Waals surface area contributed by atoms with Gasteiger partial charge in [-0.15, -0.1) is 0 Å². The van der Waals surface area contributed by atoms with E-state index in [-0.39, 0.29) is 5.75 Å². The second-order valence-corrected chi connectivity index (χ2v) is 3.45. The molecule has 0 aliphatic rings. The number of fused-ring (bicyclic) bond motifs is 1. The van der Waals surface area contributed by atoms with Gasteiger partial charge in [0, 0.05) is 18.6 Å². The molecule has 0 atom stereocenters. The molecule has 1 aromatic carbocycles. The number of hydrogen-bond donors (Lipinski definition) is 1. The van der Waals surface area contributed by atoms with E-state index < -0.39 is 0 Å². The van der Waals surface area contributed by atoms with E-state index in [0.29, 0.717) is 11.2 Å². The minimum Gasteiger partial charge on any atom is -0.618 e. The molecule has 3 nitrogen and oxygen atoms in total. The summed E-state index contributed by atoms with van der Waals surface area (Å²) < 4.78 is 0.893. The van der Waals surface area contributed by atoms with Crippen LogP contribution in [0.3, 0.4) is 0 Å². The van der Waals surface area contributed by atoms with E-state index in [1.807, 2.05) is 13.0 Å². The van der Waals surface area contributed by atoms with Gasteiger partial charge in [-0.25, -0.2) is 0 Å². The molecule has 0 radical (unpaired) electrons. The van der Waals surface area contributed by atoms with Gasteiger partial charge < -0.3 is 10.3 Å². The number of aromatic nitrogens is 1. The first-order valence-corrected chi connectivity index (χ1v) is 4.42. The summed E-state index contributed by atoms with van der Waals surface area (Å²) in [6, 6.07) is 6.64. The van der Waals surface area contributed by atoms with Crippen LogP contribution >= 0.6 is 0 Å². The zero-order valence-electron chi connectivity index (χ0n) is 8.11. The molecular weight excluding hydrogens is 178 g/mol. The van der Waals surface area contributed by atoms with Crippen molar-refractivity contribution in [3.05, 3.63) is 40.7 Å². The standard InChI is InChI=1S/C11H11NO2/c1-7-5-9-6-10(13)3-4-11(9)12(14)8(7)2/h3-6,13H,1-2H3. The maximum atomic E-state index is 11.7. The van der Waals surface area contributed by atoms with Crippen molar-refractivity contribution in [1.82, 2.24) is 0 Å². The predicted octanol–water partition coefficient (Wildman–Crippen LogP) is 1.80. The summed E-state index contributed by atoms with van der Waals surface area (Å²) in [7, 11) is 0. The third-order valence-corrected chi connectivity index (χ3v) is 2.48. The maximum Gasteiger partial charge on any atom is 0.224 e. The van der Waals surface area contributed by atoms with Gasteiger partial charge in [0.15, 0.2) is 5.69 Å². The summed E-state index contributed by atoms with van der Waals surface area (Å²) in [5, 5.41) is 21.7. The molecule has 0 spiro atoms. The van der Waals surface area contributed by atoms with E-state index in [1.165, 1.54) is 6.07 Å². The van der Waals surface area contributed by atoms with E-state index in [0.717, 1.165) is 15.7 Å². The zero-order chi connectivity index (χ0) is 10.3. The highest BCUT2D eigenvalue weighted by Crippen LogP contribution is 2.19. The van der Waals surface area contributed by atoms with Gasteiger partial charge in [0.25, 0.3) is 0 Å².